The third-order valence-electron chi connectivity index (χ3n) is 1.84. The summed E-state index contributed by atoms with van der Waals surface area (Å²) in [6, 6.07) is 7.48. The summed E-state index contributed by atoms with van der Waals surface area (Å²) in [4.78, 5) is 13.3. The predicted molar refractivity (Wildman–Crippen MR) is 55.3 cm³/mol. The quantitative estimate of drug-likeness (QED) is 0.518. The molecule has 0 heterocycles. The minimum atomic E-state index is -0.0377. The maximum absolute atomic E-state index is 11.4. The van der Waals surface area contributed by atoms with Crippen LogP contribution in [-0.4, -0.2) is 19.9 Å². The van der Waals surface area contributed by atoms with Crippen molar-refractivity contribution in [3.8, 4) is 0 Å². The van der Waals surface area contributed by atoms with Gasteiger partial charge >= 0.3 is 0 Å². The van der Waals surface area contributed by atoms with Gasteiger partial charge in [-0.3, -0.25) is 4.79 Å². The zero-order valence-corrected chi connectivity index (χ0v) is 7.95. The minimum absolute atomic E-state index is 0.0377. The number of carbonyl (C=O) groups excluding carboxylic acids is 1. The van der Waals surface area contributed by atoms with E-state index in [9.17, 15) is 4.79 Å². The van der Waals surface area contributed by atoms with Gasteiger partial charge in [0.2, 0.25) is 0 Å². The highest BCUT2D eigenvalue weighted by atomic mass is 16.1. The molecule has 0 aromatic heterocycles. The first kappa shape index (κ1) is 9.52. The van der Waals surface area contributed by atoms with Gasteiger partial charge in [0.25, 0.3) is 0 Å². The summed E-state index contributed by atoms with van der Waals surface area (Å²) < 4.78 is 0. The number of hydrogen-bond acceptors (Lipinski definition) is 2. The van der Waals surface area contributed by atoms with E-state index >= 15 is 0 Å². The molecule has 0 aliphatic heterocycles. The first-order valence-corrected chi connectivity index (χ1v) is 4.10. The molecule has 1 rings (SSSR count). The van der Waals surface area contributed by atoms with E-state index in [4.69, 9.17) is 0 Å². The molecule has 2 heteroatoms. The van der Waals surface area contributed by atoms with Crippen molar-refractivity contribution < 1.29 is 4.79 Å². The second kappa shape index (κ2) is 3.90. The minimum Gasteiger partial charge on any atom is -0.377 e. The number of hydrogen-bond donors (Lipinski definition) is 0. The number of para-hydroxylation sites is 1. The van der Waals surface area contributed by atoms with Crippen molar-refractivity contribution in [1.82, 2.24) is 0 Å². The Labute approximate surface area is 78.5 Å². The van der Waals surface area contributed by atoms with E-state index in [1.165, 1.54) is 6.08 Å². The first-order chi connectivity index (χ1) is 6.16. The Kier molecular flexibility index (Phi) is 2.85. The van der Waals surface area contributed by atoms with Crippen LogP contribution in [0.25, 0.3) is 0 Å². The molecule has 0 saturated heterocycles. The summed E-state index contributed by atoms with van der Waals surface area (Å²) in [6.07, 6.45) is 1.34. The lowest BCUT2D eigenvalue weighted by molar-refractivity contribution is 0.104. The lowest BCUT2D eigenvalue weighted by atomic mass is 10.1. The molecule has 0 aliphatic carbocycles. The molecule has 13 heavy (non-hydrogen) atoms. The third-order valence-corrected chi connectivity index (χ3v) is 1.84. The molecular weight excluding hydrogens is 162 g/mol. The molecule has 2 nitrogen and oxygen atoms in total. The van der Waals surface area contributed by atoms with Crippen molar-refractivity contribution >= 4 is 11.5 Å². The Bertz CT molecular complexity index is 329. The van der Waals surface area contributed by atoms with Crippen molar-refractivity contribution in [3.63, 3.8) is 0 Å². The molecule has 0 amide bonds. The Morgan fingerprint density at radius 1 is 1.38 bits per heavy atom. The molecule has 0 N–H and O–H groups in total. The van der Waals surface area contributed by atoms with Gasteiger partial charge in [-0.25, -0.2) is 0 Å². The molecule has 68 valence electrons. The SMILES string of the molecule is C=CC(=O)c1ccccc1N(C)C. The fourth-order valence-corrected chi connectivity index (χ4v) is 1.18. The van der Waals surface area contributed by atoms with Gasteiger partial charge in [-0.15, -0.1) is 0 Å². The predicted octanol–water partition coefficient (Wildman–Crippen LogP) is 2.12. The largest absolute Gasteiger partial charge is 0.377 e. The molecule has 0 unspecified atom stereocenters. The van der Waals surface area contributed by atoms with E-state index in [0.29, 0.717) is 5.56 Å². The zero-order chi connectivity index (χ0) is 9.84. The summed E-state index contributed by atoms with van der Waals surface area (Å²) in [5.41, 5.74) is 1.62. The van der Waals surface area contributed by atoms with E-state index in [1.807, 2.05) is 37.2 Å². The fourth-order valence-electron chi connectivity index (χ4n) is 1.18. The molecule has 1 aromatic carbocycles. The summed E-state index contributed by atoms with van der Waals surface area (Å²) in [6.45, 7) is 3.47. The van der Waals surface area contributed by atoms with Crippen molar-refractivity contribution in [2.45, 2.75) is 0 Å². The molecule has 0 atom stereocenters. The molecule has 0 aliphatic rings. The maximum atomic E-state index is 11.4. The monoisotopic (exact) mass is 175 g/mol. The van der Waals surface area contributed by atoms with E-state index in [2.05, 4.69) is 6.58 Å². The molecule has 0 radical (unpaired) electrons. The molecule has 0 fully saturated rings. The molecule has 0 spiro atoms. The van der Waals surface area contributed by atoms with Crippen LogP contribution in [0.4, 0.5) is 5.69 Å². The average molecular weight is 175 g/mol. The lowest BCUT2D eigenvalue weighted by Gasteiger charge is -2.15. The van der Waals surface area contributed by atoms with Crippen LogP contribution in [0.2, 0.25) is 0 Å². The second-order valence-corrected chi connectivity index (χ2v) is 2.98. The van der Waals surface area contributed by atoms with Crippen molar-refractivity contribution in [1.29, 1.82) is 0 Å². The van der Waals surface area contributed by atoms with Crippen LogP contribution < -0.4 is 4.90 Å². The average Bonchev–Trinajstić information content (AvgIpc) is 2.16. The van der Waals surface area contributed by atoms with Crippen LogP contribution in [0.15, 0.2) is 36.9 Å². The van der Waals surface area contributed by atoms with Crippen LogP contribution in [0.3, 0.4) is 0 Å². The summed E-state index contributed by atoms with van der Waals surface area (Å²) in [5, 5.41) is 0. The normalized spacial score (nSPS) is 9.38. The first-order valence-electron chi connectivity index (χ1n) is 4.10. The van der Waals surface area contributed by atoms with Gasteiger partial charge in [-0.1, -0.05) is 18.7 Å². The lowest BCUT2D eigenvalue weighted by Crippen LogP contribution is -2.12. The Morgan fingerprint density at radius 2 is 2.00 bits per heavy atom. The summed E-state index contributed by atoms with van der Waals surface area (Å²) in [5.74, 6) is -0.0377. The molecule has 0 saturated carbocycles. The van der Waals surface area contributed by atoms with Gasteiger partial charge < -0.3 is 4.90 Å². The zero-order valence-electron chi connectivity index (χ0n) is 7.95. The van der Waals surface area contributed by atoms with Crippen molar-refractivity contribution in [2.24, 2.45) is 0 Å². The fraction of sp³-hybridized carbons (Fsp3) is 0.182. The standard InChI is InChI=1S/C11H13NO/c1-4-11(13)9-7-5-6-8-10(9)12(2)3/h4-8H,1H2,2-3H3. The van der Waals surface area contributed by atoms with Gasteiger partial charge in [0.05, 0.1) is 0 Å². The second-order valence-electron chi connectivity index (χ2n) is 2.98. The molecular formula is C11H13NO. The Hall–Kier alpha value is -1.57. The van der Waals surface area contributed by atoms with Gasteiger partial charge in [0, 0.05) is 25.3 Å². The maximum Gasteiger partial charge on any atom is 0.187 e. The van der Waals surface area contributed by atoms with Crippen LogP contribution in [0.1, 0.15) is 10.4 Å². The van der Waals surface area contributed by atoms with Crippen molar-refractivity contribution in [2.75, 3.05) is 19.0 Å². The van der Waals surface area contributed by atoms with Gasteiger partial charge in [-0.05, 0) is 18.2 Å². The van der Waals surface area contributed by atoms with Crippen LogP contribution in [0, 0.1) is 0 Å². The highest BCUT2D eigenvalue weighted by Gasteiger charge is 2.07. The molecule has 1 aromatic rings. The topological polar surface area (TPSA) is 20.3 Å². The number of benzene rings is 1. The van der Waals surface area contributed by atoms with Gasteiger partial charge in [0.15, 0.2) is 5.78 Å². The number of carbonyl (C=O) groups is 1. The van der Waals surface area contributed by atoms with Gasteiger partial charge in [0.1, 0.15) is 0 Å². The number of rotatable bonds is 3. The number of anilines is 1. The summed E-state index contributed by atoms with van der Waals surface area (Å²) in [7, 11) is 3.82. The summed E-state index contributed by atoms with van der Waals surface area (Å²) >= 11 is 0. The van der Waals surface area contributed by atoms with E-state index in [-0.39, 0.29) is 5.78 Å². The number of ketones is 1. The third kappa shape index (κ3) is 1.96. The van der Waals surface area contributed by atoms with E-state index in [0.717, 1.165) is 5.69 Å². The Morgan fingerprint density at radius 3 is 2.54 bits per heavy atom. The number of allylic oxidation sites excluding steroid dienone is 1. The van der Waals surface area contributed by atoms with Crippen LogP contribution in [0.5, 0.6) is 0 Å². The van der Waals surface area contributed by atoms with Crippen molar-refractivity contribution in [3.05, 3.63) is 42.5 Å². The Balaban J connectivity index is 3.19. The van der Waals surface area contributed by atoms with E-state index in [1.54, 1.807) is 6.07 Å². The highest BCUT2D eigenvalue weighted by Crippen LogP contribution is 2.18. The highest BCUT2D eigenvalue weighted by molar-refractivity contribution is 6.08. The van der Waals surface area contributed by atoms with Crippen LogP contribution in [-0.2, 0) is 0 Å². The van der Waals surface area contributed by atoms with Gasteiger partial charge in [-0.2, -0.15) is 0 Å². The van der Waals surface area contributed by atoms with Crippen LogP contribution >= 0.6 is 0 Å². The molecule has 0 bridgehead atoms. The number of nitrogens with zero attached hydrogens (tertiary/aromatic N) is 1. The van der Waals surface area contributed by atoms with E-state index < -0.39 is 0 Å². The smallest absolute Gasteiger partial charge is 0.187 e.